The van der Waals surface area contributed by atoms with Crippen LogP contribution >= 0.6 is 0 Å². The van der Waals surface area contributed by atoms with Gasteiger partial charge in [-0.3, -0.25) is 4.79 Å². The molecule has 0 heterocycles. The van der Waals surface area contributed by atoms with Gasteiger partial charge in [0.2, 0.25) is 5.91 Å². The Morgan fingerprint density at radius 1 is 1.10 bits per heavy atom. The Morgan fingerprint density at radius 3 is 2.52 bits per heavy atom. The summed E-state index contributed by atoms with van der Waals surface area (Å²) in [7, 11) is 0. The smallest absolute Gasteiger partial charge is 0.250 e. The Bertz CT molecular complexity index is 593. The van der Waals surface area contributed by atoms with Crippen molar-refractivity contribution in [3.05, 3.63) is 54.1 Å². The number of hydrogen-bond donors (Lipinski definition) is 1. The molecule has 0 aliphatic heterocycles. The third-order valence-corrected chi connectivity index (χ3v) is 2.85. The van der Waals surface area contributed by atoms with Crippen LogP contribution < -0.4 is 10.1 Å². The monoisotopic (exact) mass is 285 g/mol. The molecule has 0 spiro atoms. The number of para-hydroxylation sites is 2. The van der Waals surface area contributed by atoms with Crippen LogP contribution in [0.4, 0.5) is 5.69 Å². The lowest BCUT2D eigenvalue weighted by atomic mass is 10.2. The summed E-state index contributed by atoms with van der Waals surface area (Å²) in [5.74, 6) is 1.13. The van der Waals surface area contributed by atoms with Crippen LogP contribution in [0.3, 0.4) is 0 Å². The lowest BCUT2D eigenvalue weighted by Crippen LogP contribution is -2.18. The molecule has 0 unspecified atom stereocenters. The number of aryl methyl sites for hydroxylation is 1. The van der Waals surface area contributed by atoms with Gasteiger partial charge in [-0.15, -0.1) is 0 Å². The van der Waals surface area contributed by atoms with Crippen molar-refractivity contribution in [2.45, 2.75) is 13.8 Å². The third kappa shape index (κ3) is 4.61. The highest BCUT2D eigenvalue weighted by Gasteiger charge is 2.08. The highest BCUT2D eigenvalue weighted by Crippen LogP contribution is 2.29. The molecule has 110 valence electrons. The standard InChI is InChI=1S/C17H19NO3/c1-3-20-12-17(19)18-15-6-4-5-7-16(15)21-14-10-8-13(2)9-11-14/h4-11H,3,12H2,1-2H3,(H,18,19). The number of ether oxygens (including phenoxy) is 2. The van der Waals surface area contributed by atoms with Crippen molar-refractivity contribution in [2.75, 3.05) is 18.5 Å². The molecule has 2 aromatic rings. The Balaban J connectivity index is 2.09. The van der Waals surface area contributed by atoms with Gasteiger partial charge in [0.1, 0.15) is 12.4 Å². The average Bonchev–Trinajstić information content (AvgIpc) is 2.49. The molecule has 0 saturated heterocycles. The molecule has 4 nitrogen and oxygen atoms in total. The molecule has 1 N–H and O–H groups in total. The minimum absolute atomic E-state index is 0.0371. The maximum Gasteiger partial charge on any atom is 0.250 e. The van der Waals surface area contributed by atoms with Crippen LogP contribution in [0.25, 0.3) is 0 Å². The number of hydrogen-bond acceptors (Lipinski definition) is 3. The summed E-state index contributed by atoms with van der Waals surface area (Å²) in [6.07, 6.45) is 0. The number of amides is 1. The lowest BCUT2D eigenvalue weighted by Gasteiger charge is -2.12. The molecule has 0 atom stereocenters. The van der Waals surface area contributed by atoms with Crippen molar-refractivity contribution in [1.29, 1.82) is 0 Å². The largest absolute Gasteiger partial charge is 0.455 e. The van der Waals surface area contributed by atoms with E-state index in [1.807, 2.05) is 56.3 Å². The fraction of sp³-hybridized carbons (Fsp3) is 0.235. The zero-order chi connectivity index (χ0) is 15.1. The average molecular weight is 285 g/mol. The molecular formula is C17H19NO3. The number of carbonyl (C=O) groups is 1. The molecule has 0 bridgehead atoms. The molecule has 4 heteroatoms. The molecule has 0 radical (unpaired) electrons. The first-order valence-electron chi connectivity index (χ1n) is 6.90. The molecule has 0 fully saturated rings. The summed E-state index contributed by atoms with van der Waals surface area (Å²) >= 11 is 0. The van der Waals surface area contributed by atoms with Crippen LogP contribution in [0.2, 0.25) is 0 Å². The zero-order valence-electron chi connectivity index (χ0n) is 12.3. The Hall–Kier alpha value is -2.33. The van der Waals surface area contributed by atoms with Crippen molar-refractivity contribution >= 4 is 11.6 Å². The maximum atomic E-state index is 11.7. The van der Waals surface area contributed by atoms with Gasteiger partial charge in [0, 0.05) is 6.61 Å². The third-order valence-electron chi connectivity index (χ3n) is 2.85. The number of nitrogens with one attached hydrogen (secondary N) is 1. The van der Waals surface area contributed by atoms with E-state index < -0.39 is 0 Å². The van der Waals surface area contributed by atoms with E-state index in [1.165, 1.54) is 5.56 Å². The molecule has 0 aliphatic carbocycles. The van der Waals surface area contributed by atoms with Gasteiger partial charge in [-0.25, -0.2) is 0 Å². The molecule has 0 aromatic heterocycles. The van der Waals surface area contributed by atoms with Crippen molar-refractivity contribution in [3.8, 4) is 11.5 Å². The second kappa shape index (κ2) is 7.45. The highest BCUT2D eigenvalue weighted by atomic mass is 16.5. The molecule has 2 aromatic carbocycles. The summed E-state index contributed by atoms with van der Waals surface area (Å²) in [5.41, 5.74) is 1.79. The van der Waals surface area contributed by atoms with Crippen molar-refractivity contribution in [2.24, 2.45) is 0 Å². The Morgan fingerprint density at radius 2 is 1.81 bits per heavy atom. The Kier molecular flexibility index (Phi) is 5.35. The first-order chi connectivity index (χ1) is 10.2. The van der Waals surface area contributed by atoms with Gasteiger partial charge in [0.25, 0.3) is 0 Å². The fourth-order valence-corrected chi connectivity index (χ4v) is 1.77. The molecule has 0 aliphatic rings. The van der Waals surface area contributed by atoms with E-state index in [4.69, 9.17) is 9.47 Å². The topological polar surface area (TPSA) is 47.6 Å². The van der Waals surface area contributed by atoms with E-state index >= 15 is 0 Å². The van der Waals surface area contributed by atoms with E-state index in [1.54, 1.807) is 6.07 Å². The van der Waals surface area contributed by atoms with Crippen molar-refractivity contribution < 1.29 is 14.3 Å². The molecule has 21 heavy (non-hydrogen) atoms. The van der Waals surface area contributed by atoms with Crippen molar-refractivity contribution in [1.82, 2.24) is 0 Å². The lowest BCUT2D eigenvalue weighted by molar-refractivity contribution is -0.120. The van der Waals surface area contributed by atoms with Crippen LogP contribution in [0.5, 0.6) is 11.5 Å². The number of anilines is 1. The first-order valence-corrected chi connectivity index (χ1v) is 6.90. The minimum atomic E-state index is -0.197. The van der Waals surface area contributed by atoms with Crippen molar-refractivity contribution in [3.63, 3.8) is 0 Å². The fourth-order valence-electron chi connectivity index (χ4n) is 1.77. The van der Waals surface area contributed by atoms with Gasteiger partial charge in [-0.2, -0.15) is 0 Å². The van der Waals surface area contributed by atoms with Gasteiger partial charge in [0.05, 0.1) is 5.69 Å². The predicted molar refractivity (Wildman–Crippen MR) is 82.8 cm³/mol. The molecule has 1 amide bonds. The zero-order valence-corrected chi connectivity index (χ0v) is 12.3. The first kappa shape index (κ1) is 15.1. The quantitative estimate of drug-likeness (QED) is 0.879. The molecule has 2 rings (SSSR count). The van der Waals surface area contributed by atoms with Gasteiger partial charge in [0.15, 0.2) is 5.75 Å². The van der Waals surface area contributed by atoms with Gasteiger partial charge in [-0.05, 0) is 38.1 Å². The van der Waals surface area contributed by atoms with E-state index in [0.29, 0.717) is 18.0 Å². The van der Waals surface area contributed by atoms with Crippen LogP contribution in [-0.2, 0) is 9.53 Å². The SMILES string of the molecule is CCOCC(=O)Nc1ccccc1Oc1ccc(C)cc1. The van der Waals surface area contributed by atoms with Crippen LogP contribution in [0.15, 0.2) is 48.5 Å². The van der Waals surface area contributed by atoms with E-state index in [9.17, 15) is 4.79 Å². The van der Waals surface area contributed by atoms with Gasteiger partial charge < -0.3 is 14.8 Å². The predicted octanol–water partition coefficient (Wildman–Crippen LogP) is 3.76. The van der Waals surface area contributed by atoms with E-state index in [-0.39, 0.29) is 12.5 Å². The highest BCUT2D eigenvalue weighted by molar-refractivity contribution is 5.93. The number of carbonyl (C=O) groups excluding carboxylic acids is 1. The number of rotatable bonds is 6. The van der Waals surface area contributed by atoms with Gasteiger partial charge in [-0.1, -0.05) is 29.8 Å². The van der Waals surface area contributed by atoms with Crippen LogP contribution in [0.1, 0.15) is 12.5 Å². The van der Waals surface area contributed by atoms with E-state index in [0.717, 1.165) is 5.75 Å². The minimum Gasteiger partial charge on any atom is -0.455 e. The second-order valence-corrected chi connectivity index (χ2v) is 4.60. The second-order valence-electron chi connectivity index (χ2n) is 4.60. The summed E-state index contributed by atoms with van der Waals surface area (Å²) in [6.45, 7) is 4.41. The van der Waals surface area contributed by atoms with Gasteiger partial charge >= 0.3 is 0 Å². The molecule has 0 saturated carbocycles. The normalized spacial score (nSPS) is 10.2. The summed E-state index contributed by atoms with van der Waals surface area (Å²) < 4.78 is 10.9. The van der Waals surface area contributed by atoms with E-state index in [2.05, 4.69) is 5.32 Å². The number of benzene rings is 2. The maximum absolute atomic E-state index is 11.7. The summed E-state index contributed by atoms with van der Waals surface area (Å²) in [5, 5.41) is 2.79. The van der Waals surface area contributed by atoms with Crippen LogP contribution in [0, 0.1) is 6.92 Å². The summed E-state index contributed by atoms with van der Waals surface area (Å²) in [6, 6.07) is 15.1. The Labute approximate surface area is 124 Å². The van der Waals surface area contributed by atoms with Crippen LogP contribution in [-0.4, -0.2) is 19.1 Å². The molecular weight excluding hydrogens is 266 g/mol. The summed E-state index contributed by atoms with van der Waals surface area (Å²) in [4.78, 5) is 11.7.